The van der Waals surface area contributed by atoms with E-state index in [9.17, 15) is 24.0 Å². The number of amides is 2. The van der Waals surface area contributed by atoms with Crippen molar-refractivity contribution in [3.63, 3.8) is 0 Å². The topological polar surface area (TPSA) is 116 Å². The molecule has 0 aliphatic carbocycles. The van der Waals surface area contributed by atoms with Gasteiger partial charge in [0, 0.05) is 0 Å². The van der Waals surface area contributed by atoms with Crippen LogP contribution < -0.4 is 0 Å². The summed E-state index contributed by atoms with van der Waals surface area (Å²) < 4.78 is 15.2. The van der Waals surface area contributed by atoms with Crippen LogP contribution >= 0.6 is 0 Å². The molecule has 0 unspecified atom stereocenters. The first-order chi connectivity index (χ1) is 14.9. The van der Waals surface area contributed by atoms with Crippen molar-refractivity contribution in [2.45, 2.75) is 19.1 Å². The highest BCUT2D eigenvalue weighted by atomic mass is 16.6. The van der Waals surface area contributed by atoms with E-state index in [4.69, 9.17) is 14.2 Å². The van der Waals surface area contributed by atoms with Crippen LogP contribution in [0, 0.1) is 0 Å². The van der Waals surface area contributed by atoms with Crippen LogP contribution in [0.15, 0.2) is 60.7 Å². The maximum atomic E-state index is 12.8. The van der Waals surface area contributed by atoms with E-state index in [1.165, 1.54) is 24.3 Å². The molecule has 31 heavy (non-hydrogen) atoms. The van der Waals surface area contributed by atoms with Gasteiger partial charge < -0.3 is 14.2 Å². The molecular weight excluding hydrogens is 406 g/mol. The van der Waals surface area contributed by atoms with Crippen LogP contribution in [0.2, 0.25) is 0 Å². The van der Waals surface area contributed by atoms with Crippen LogP contribution in [0.3, 0.4) is 0 Å². The third-order valence-corrected chi connectivity index (χ3v) is 4.37. The third-order valence-electron chi connectivity index (χ3n) is 4.37. The number of likely N-dealkylation sites (tertiary alicyclic amines) is 1. The lowest BCUT2D eigenvalue weighted by Crippen LogP contribution is -2.38. The highest BCUT2D eigenvalue weighted by Crippen LogP contribution is 2.23. The molecule has 2 aromatic rings. The second-order valence-corrected chi connectivity index (χ2v) is 6.45. The zero-order chi connectivity index (χ0) is 22.4. The van der Waals surface area contributed by atoms with Crippen molar-refractivity contribution in [2.24, 2.45) is 0 Å². The maximum absolute atomic E-state index is 12.8. The zero-order valence-corrected chi connectivity index (χ0v) is 16.6. The van der Waals surface area contributed by atoms with E-state index >= 15 is 0 Å². The van der Waals surface area contributed by atoms with E-state index in [2.05, 4.69) is 0 Å². The molecule has 0 saturated carbocycles. The van der Waals surface area contributed by atoms with Gasteiger partial charge in [-0.05, 0) is 31.2 Å². The fourth-order valence-electron chi connectivity index (χ4n) is 2.91. The summed E-state index contributed by atoms with van der Waals surface area (Å²) in [6.45, 7) is 0.929. The molecule has 2 amide bonds. The average molecular weight is 425 g/mol. The van der Waals surface area contributed by atoms with E-state index in [0.29, 0.717) is 4.90 Å². The van der Waals surface area contributed by atoms with Crippen molar-refractivity contribution in [2.75, 3.05) is 13.2 Å². The van der Waals surface area contributed by atoms with Crippen LogP contribution in [-0.4, -0.2) is 60.0 Å². The molecule has 9 heteroatoms. The summed E-state index contributed by atoms with van der Waals surface area (Å²) >= 11 is 0. The molecule has 0 spiro atoms. The minimum atomic E-state index is -1.73. The van der Waals surface area contributed by atoms with Gasteiger partial charge in [0.05, 0.1) is 17.7 Å². The summed E-state index contributed by atoms with van der Waals surface area (Å²) in [4.78, 5) is 62.8. The van der Waals surface area contributed by atoms with E-state index in [0.717, 1.165) is 0 Å². The van der Waals surface area contributed by atoms with Crippen LogP contribution in [0.4, 0.5) is 0 Å². The van der Waals surface area contributed by atoms with Crippen LogP contribution in [0.25, 0.3) is 0 Å². The molecule has 0 N–H and O–H groups in total. The molecule has 2 atom stereocenters. The molecule has 160 valence electrons. The van der Waals surface area contributed by atoms with Gasteiger partial charge in [-0.15, -0.1) is 0 Å². The van der Waals surface area contributed by atoms with Gasteiger partial charge in [0.25, 0.3) is 11.8 Å². The summed E-state index contributed by atoms with van der Waals surface area (Å²) in [6.07, 6.45) is -3.47. The summed E-state index contributed by atoms with van der Waals surface area (Å²) in [6, 6.07) is 15.6. The van der Waals surface area contributed by atoms with Crippen molar-refractivity contribution < 1.29 is 38.2 Å². The number of imide groups is 1. The van der Waals surface area contributed by atoms with Crippen molar-refractivity contribution in [3.05, 3.63) is 71.8 Å². The lowest BCUT2D eigenvalue weighted by atomic mass is 10.2. The molecule has 1 saturated heterocycles. The molecule has 0 radical (unpaired) electrons. The minimum absolute atomic E-state index is 0.0495. The highest BCUT2D eigenvalue weighted by Gasteiger charge is 2.53. The third kappa shape index (κ3) is 4.95. The fourth-order valence-corrected chi connectivity index (χ4v) is 2.91. The Morgan fingerprint density at radius 2 is 1.19 bits per heavy atom. The standard InChI is InChI=1S/C22H19NO8/c1-2-29-16(24)13-23-19(25)17(30-21(27)14-9-5-3-6-10-14)18(20(23)26)31-22(28)15-11-7-4-8-12-15/h3-12,17-18H,2,13H2,1H3/t17-,18+. The predicted octanol–water partition coefficient (Wildman–Crippen LogP) is 1.37. The molecule has 3 rings (SSSR count). The molecule has 1 fully saturated rings. The van der Waals surface area contributed by atoms with Crippen LogP contribution in [-0.2, 0) is 28.6 Å². The van der Waals surface area contributed by atoms with Gasteiger partial charge in [0.15, 0.2) is 0 Å². The van der Waals surface area contributed by atoms with Gasteiger partial charge in [0.1, 0.15) is 6.54 Å². The normalized spacial score (nSPS) is 17.9. The van der Waals surface area contributed by atoms with E-state index in [1.54, 1.807) is 43.3 Å². The van der Waals surface area contributed by atoms with Crippen LogP contribution in [0.1, 0.15) is 27.6 Å². The smallest absolute Gasteiger partial charge is 0.339 e. The van der Waals surface area contributed by atoms with E-state index in [1.807, 2.05) is 0 Å². The molecule has 1 heterocycles. The summed E-state index contributed by atoms with van der Waals surface area (Å²) in [7, 11) is 0. The molecule has 9 nitrogen and oxygen atoms in total. The Labute approximate surface area is 177 Å². The number of benzene rings is 2. The molecule has 2 aromatic carbocycles. The Bertz CT molecular complexity index is 918. The Kier molecular flexibility index (Phi) is 6.76. The van der Waals surface area contributed by atoms with Crippen molar-refractivity contribution in [1.29, 1.82) is 0 Å². The molecule has 1 aliphatic rings. The second-order valence-electron chi connectivity index (χ2n) is 6.45. The number of rotatable bonds is 7. The van der Waals surface area contributed by atoms with Gasteiger partial charge in [-0.3, -0.25) is 19.3 Å². The molecular formula is C22H19NO8. The number of nitrogens with zero attached hydrogens (tertiary/aromatic N) is 1. The van der Waals surface area contributed by atoms with Crippen LogP contribution in [0.5, 0.6) is 0 Å². The van der Waals surface area contributed by atoms with Gasteiger partial charge >= 0.3 is 17.9 Å². The number of hydrogen-bond donors (Lipinski definition) is 0. The maximum Gasteiger partial charge on any atom is 0.339 e. The number of esters is 3. The lowest BCUT2D eigenvalue weighted by Gasteiger charge is -2.16. The molecule has 0 bridgehead atoms. The number of carbonyl (C=O) groups is 5. The Balaban J connectivity index is 1.84. The highest BCUT2D eigenvalue weighted by molar-refractivity contribution is 6.11. The number of carbonyl (C=O) groups excluding carboxylic acids is 5. The average Bonchev–Trinajstić information content (AvgIpc) is 2.99. The second kappa shape index (κ2) is 9.66. The van der Waals surface area contributed by atoms with E-state index < -0.39 is 48.5 Å². The SMILES string of the molecule is CCOC(=O)CN1C(=O)[C@@H](OC(=O)c2ccccc2)[C@@H](OC(=O)c2ccccc2)C1=O. The Morgan fingerprint density at radius 1 is 0.774 bits per heavy atom. The predicted molar refractivity (Wildman–Crippen MR) is 105 cm³/mol. The van der Waals surface area contributed by atoms with Crippen molar-refractivity contribution >= 4 is 29.7 Å². The van der Waals surface area contributed by atoms with Gasteiger partial charge in [-0.2, -0.15) is 0 Å². The monoisotopic (exact) mass is 425 g/mol. The Hall–Kier alpha value is -4.01. The largest absolute Gasteiger partial charge is 0.465 e. The zero-order valence-electron chi connectivity index (χ0n) is 16.6. The number of hydrogen-bond acceptors (Lipinski definition) is 8. The van der Waals surface area contributed by atoms with Gasteiger partial charge in [-0.25, -0.2) is 9.59 Å². The first-order valence-corrected chi connectivity index (χ1v) is 9.45. The first kappa shape index (κ1) is 21.7. The Morgan fingerprint density at radius 3 is 1.58 bits per heavy atom. The van der Waals surface area contributed by atoms with Crippen molar-refractivity contribution in [3.8, 4) is 0 Å². The minimum Gasteiger partial charge on any atom is -0.465 e. The first-order valence-electron chi connectivity index (χ1n) is 9.45. The molecule has 0 aromatic heterocycles. The molecule has 1 aliphatic heterocycles. The lowest BCUT2D eigenvalue weighted by molar-refractivity contribution is -0.153. The van der Waals surface area contributed by atoms with Gasteiger partial charge in [-0.1, -0.05) is 36.4 Å². The summed E-state index contributed by atoms with van der Waals surface area (Å²) in [5.74, 6) is -4.55. The van der Waals surface area contributed by atoms with Crippen molar-refractivity contribution in [1.82, 2.24) is 4.90 Å². The van der Waals surface area contributed by atoms with E-state index in [-0.39, 0.29) is 17.7 Å². The summed E-state index contributed by atoms with van der Waals surface area (Å²) in [5.41, 5.74) is 0.277. The quantitative estimate of drug-likeness (QED) is 0.371. The van der Waals surface area contributed by atoms with Gasteiger partial charge in [0.2, 0.25) is 12.2 Å². The fraction of sp³-hybridized carbons (Fsp3) is 0.227. The summed E-state index contributed by atoms with van der Waals surface area (Å²) in [5, 5.41) is 0. The number of ether oxygens (including phenoxy) is 3.